The predicted octanol–water partition coefficient (Wildman–Crippen LogP) is 4.40. The van der Waals surface area contributed by atoms with E-state index < -0.39 is 11.7 Å². The van der Waals surface area contributed by atoms with Gasteiger partial charge in [0.15, 0.2) is 0 Å². The smallest absolute Gasteiger partial charge is 0.409 e. The Labute approximate surface area is 145 Å². The molecule has 1 rings (SSSR count). The predicted molar refractivity (Wildman–Crippen MR) is 95.7 cm³/mol. The van der Waals surface area contributed by atoms with Crippen LogP contribution in [-0.2, 0) is 20.9 Å². The van der Waals surface area contributed by atoms with Crippen molar-refractivity contribution in [3.05, 3.63) is 35.9 Å². The van der Waals surface area contributed by atoms with Gasteiger partial charge < -0.3 is 14.4 Å². The first-order valence-electron chi connectivity index (χ1n) is 8.41. The van der Waals surface area contributed by atoms with Crippen LogP contribution in [0.5, 0.6) is 0 Å². The van der Waals surface area contributed by atoms with Gasteiger partial charge in [0, 0.05) is 20.0 Å². The van der Waals surface area contributed by atoms with Crippen LogP contribution in [0.15, 0.2) is 30.3 Å². The Morgan fingerprint density at radius 1 is 1.08 bits per heavy atom. The number of rotatable bonds is 6. The third-order valence-electron chi connectivity index (χ3n) is 2.81. The van der Waals surface area contributed by atoms with Crippen LogP contribution < -0.4 is 0 Å². The molecule has 0 saturated carbocycles. The van der Waals surface area contributed by atoms with Crippen molar-refractivity contribution in [1.82, 2.24) is 4.90 Å². The molecule has 0 heterocycles. The number of ether oxygens (including phenoxy) is 2. The van der Waals surface area contributed by atoms with Gasteiger partial charge in [-0.25, -0.2) is 4.79 Å². The molecule has 0 radical (unpaired) electrons. The van der Waals surface area contributed by atoms with Crippen molar-refractivity contribution in [1.29, 1.82) is 0 Å². The van der Waals surface area contributed by atoms with Gasteiger partial charge in [0.05, 0.1) is 0 Å². The number of amides is 1. The van der Waals surface area contributed by atoms with Gasteiger partial charge in [0.25, 0.3) is 0 Å². The molecule has 0 aliphatic rings. The van der Waals surface area contributed by atoms with Gasteiger partial charge >= 0.3 is 12.1 Å². The quantitative estimate of drug-likeness (QED) is 0.722. The third-order valence-corrected chi connectivity index (χ3v) is 2.81. The molecule has 1 amide bonds. The minimum absolute atomic E-state index is 0.246. The molecule has 1 aromatic rings. The number of nitrogens with zero attached hydrogens (tertiary/aromatic N) is 1. The number of carbonyl (C=O) groups is 2. The highest BCUT2D eigenvalue weighted by atomic mass is 16.6. The van der Waals surface area contributed by atoms with Crippen molar-refractivity contribution < 1.29 is 19.1 Å². The normalized spacial score (nSPS) is 10.2. The van der Waals surface area contributed by atoms with E-state index in [2.05, 4.69) is 0 Å². The lowest BCUT2D eigenvalue weighted by atomic mass is 10.2. The molecule has 0 spiro atoms. The Morgan fingerprint density at radius 3 is 2.21 bits per heavy atom. The van der Waals surface area contributed by atoms with Crippen molar-refractivity contribution in [2.45, 2.75) is 59.7 Å². The first-order valence-corrected chi connectivity index (χ1v) is 8.41. The summed E-state index contributed by atoms with van der Waals surface area (Å²) in [6, 6.07) is 9.50. The molecule has 24 heavy (non-hydrogen) atoms. The van der Waals surface area contributed by atoms with E-state index in [0.29, 0.717) is 13.0 Å². The van der Waals surface area contributed by atoms with Crippen LogP contribution in [-0.4, -0.2) is 36.2 Å². The average molecular weight is 337 g/mol. The highest BCUT2D eigenvalue weighted by Crippen LogP contribution is 2.09. The Bertz CT molecular complexity index is 480. The van der Waals surface area contributed by atoms with Crippen LogP contribution in [0, 0.1) is 0 Å². The number of benzene rings is 1. The number of esters is 1. The van der Waals surface area contributed by atoms with Crippen LogP contribution in [0.1, 0.15) is 53.0 Å². The van der Waals surface area contributed by atoms with E-state index in [1.54, 1.807) is 7.05 Å². The van der Waals surface area contributed by atoms with Crippen molar-refractivity contribution >= 4 is 12.1 Å². The fourth-order valence-corrected chi connectivity index (χ4v) is 1.77. The minimum atomic E-state index is -0.475. The summed E-state index contributed by atoms with van der Waals surface area (Å²) in [6.07, 6.45) is 0.437. The third kappa shape index (κ3) is 10.6. The molecule has 0 aromatic heterocycles. The fraction of sp³-hybridized carbons (Fsp3) is 0.579. The van der Waals surface area contributed by atoms with Crippen LogP contribution >= 0.6 is 0 Å². The zero-order valence-electron chi connectivity index (χ0n) is 15.8. The first kappa shape index (κ1) is 22.0. The molecule has 0 unspecified atom stereocenters. The van der Waals surface area contributed by atoms with Gasteiger partial charge in [-0.1, -0.05) is 44.2 Å². The molecule has 0 saturated heterocycles. The van der Waals surface area contributed by atoms with E-state index in [1.807, 2.05) is 65.0 Å². The van der Waals surface area contributed by atoms with E-state index in [1.165, 1.54) is 4.90 Å². The van der Waals surface area contributed by atoms with Crippen molar-refractivity contribution in [3.63, 3.8) is 0 Å². The maximum absolute atomic E-state index is 11.8. The SMILES string of the molecule is CC.CN(CCCC(=O)OC(C)(C)C)C(=O)OCc1ccccc1. The molecule has 5 heteroatoms. The number of hydrogen-bond donors (Lipinski definition) is 0. The van der Waals surface area contributed by atoms with E-state index >= 15 is 0 Å². The van der Waals surface area contributed by atoms with Gasteiger partial charge in [-0.05, 0) is 32.8 Å². The standard InChI is InChI=1S/C17H25NO4.C2H6/c1-17(2,3)22-15(19)11-8-12-18(4)16(20)21-13-14-9-6-5-7-10-14;1-2/h5-7,9-10H,8,11-13H2,1-4H3;1-2H3. The lowest BCUT2D eigenvalue weighted by Gasteiger charge is -2.20. The molecule has 0 N–H and O–H groups in total. The summed E-state index contributed by atoms with van der Waals surface area (Å²) >= 11 is 0. The van der Waals surface area contributed by atoms with E-state index in [4.69, 9.17) is 9.47 Å². The Hall–Kier alpha value is -2.04. The van der Waals surface area contributed by atoms with Crippen molar-refractivity contribution in [3.8, 4) is 0 Å². The summed E-state index contributed by atoms with van der Waals surface area (Å²) in [4.78, 5) is 24.8. The molecule has 5 nitrogen and oxygen atoms in total. The zero-order chi connectivity index (χ0) is 18.6. The summed E-state index contributed by atoms with van der Waals surface area (Å²) in [5, 5.41) is 0. The molecule has 0 atom stereocenters. The van der Waals surface area contributed by atoms with Gasteiger partial charge in [0.1, 0.15) is 12.2 Å². The maximum atomic E-state index is 11.8. The fourth-order valence-electron chi connectivity index (χ4n) is 1.77. The summed E-state index contributed by atoms with van der Waals surface area (Å²) in [5.41, 5.74) is 0.468. The second-order valence-corrected chi connectivity index (χ2v) is 6.15. The van der Waals surface area contributed by atoms with Gasteiger partial charge in [-0.15, -0.1) is 0 Å². The monoisotopic (exact) mass is 337 g/mol. The average Bonchev–Trinajstić information content (AvgIpc) is 2.53. The van der Waals surface area contributed by atoms with Gasteiger partial charge in [-0.3, -0.25) is 4.79 Å². The van der Waals surface area contributed by atoms with E-state index in [0.717, 1.165) is 5.56 Å². The topological polar surface area (TPSA) is 55.8 Å². The molecular formula is C19H31NO4. The molecule has 0 aliphatic carbocycles. The van der Waals surface area contributed by atoms with Gasteiger partial charge in [-0.2, -0.15) is 0 Å². The Morgan fingerprint density at radius 2 is 1.67 bits per heavy atom. The summed E-state index contributed by atoms with van der Waals surface area (Å²) in [7, 11) is 1.66. The lowest BCUT2D eigenvalue weighted by Crippen LogP contribution is -2.29. The lowest BCUT2D eigenvalue weighted by molar-refractivity contribution is -0.154. The van der Waals surface area contributed by atoms with Crippen LogP contribution in [0.25, 0.3) is 0 Å². The van der Waals surface area contributed by atoms with E-state index in [9.17, 15) is 9.59 Å². The molecule has 136 valence electrons. The largest absolute Gasteiger partial charge is 0.460 e. The zero-order valence-corrected chi connectivity index (χ0v) is 15.8. The van der Waals surface area contributed by atoms with Crippen LogP contribution in [0.4, 0.5) is 4.79 Å². The molecular weight excluding hydrogens is 306 g/mol. The molecule has 1 aromatic carbocycles. The second kappa shape index (κ2) is 11.5. The van der Waals surface area contributed by atoms with Crippen LogP contribution in [0.2, 0.25) is 0 Å². The van der Waals surface area contributed by atoms with E-state index in [-0.39, 0.29) is 19.0 Å². The minimum Gasteiger partial charge on any atom is -0.460 e. The molecule has 0 fully saturated rings. The Balaban J connectivity index is 0.00000254. The summed E-state index contributed by atoms with van der Waals surface area (Å²) < 4.78 is 10.4. The maximum Gasteiger partial charge on any atom is 0.409 e. The summed E-state index contributed by atoms with van der Waals surface area (Å²) in [6.45, 7) is 10.2. The first-order chi connectivity index (χ1) is 11.3. The molecule has 0 bridgehead atoms. The summed E-state index contributed by atoms with van der Waals surface area (Å²) in [5.74, 6) is -0.251. The molecule has 0 aliphatic heterocycles. The van der Waals surface area contributed by atoms with Crippen molar-refractivity contribution in [2.24, 2.45) is 0 Å². The second-order valence-electron chi connectivity index (χ2n) is 6.15. The Kier molecular flexibility index (Phi) is 10.5. The highest BCUT2D eigenvalue weighted by molar-refractivity contribution is 5.70. The van der Waals surface area contributed by atoms with Crippen molar-refractivity contribution in [2.75, 3.05) is 13.6 Å². The number of carbonyl (C=O) groups excluding carboxylic acids is 2. The van der Waals surface area contributed by atoms with Crippen LogP contribution in [0.3, 0.4) is 0 Å². The highest BCUT2D eigenvalue weighted by Gasteiger charge is 2.16. The van der Waals surface area contributed by atoms with Gasteiger partial charge in [0.2, 0.25) is 0 Å². The number of hydrogen-bond acceptors (Lipinski definition) is 4.